The smallest absolute Gasteiger partial charge is 0.293 e. The van der Waals surface area contributed by atoms with Crippen molar-refractivity contribution in [2.24, 2.45) is 0 Å². The summed E-state index contributed by atoms with van der Waals surface area (Å²) in [6.45, 7) is 3.98. The van der Waals surface area contributed by atoms with Gasteiger partial charge < -0.3 is 19.5 Å². The molecule has 3 amide bonds. The Morgan fingerprint density at radius 3 is 2.55 bits per heavy atom. The summed E-state index contributed by atoms with van der Waals surface area (Å²) in [6.07, 6.45) is 1.63. The fraction of sp³-hybridized carbons (Fsp3) is 0.182. The molecular weight excluding hydrogens is 552 g/mol. The van der Waals surface area contributed by atoms with Crippen LogP contribution in [0.5, 0.6) is 17.2 Å². The van der Waals surface area contributed by atoms with Gasteiger partial charge in [-0.05, 0) is 78.0 Å². The molecule has 1 fully saturated rings. The first-order valence-corrected chi connectivity index (χ1v) is 14.2. The van der Waals surface area contributed by atoms with Crippen LogP contribution >= 0.6 is 11.8 Å². The van der Waals surface area contributed by atoms with E-state index in [-0.39, 0.29) is 36.8 Å². The number of thioether (sulfide) groups is 1. The average Bonchev–Trinajstić information content (AvgIpc) is 3.25. The van der Waals surface area contributed by atoms with Crippen LogP contribution in [0.1, 0.15) is 16.7 Å². The molecule has 0 bridgehead atoms. The largest absolute Gasteiger partial charge is 0.493 e. The Balaban J connectivity index is 1.19. The van der Waals surface area contributed by atoms with E-state index in [2.05, 4.69) is 5.32 Å². The summed E-state index contributed by atoms with van der Waals surface area (Å²) < 4.78 is 17.1. The number of nitrogens with one attached hydrogen (secondary N) is 1. The fourth-order valence-electron chi connectivity index (χ4n) is 4.51. The van der Waals surface area contributed by atoms with Gasteiger partial charge in [-0.1, -0.05) is 54.6 Å². The van der Waals surface area contributed by atoms with E-state index in [1.165, 1.54) is 12.0 Å². The van der Waals surface area contributed by atoms with E-state index < -0.39 is 0 Å². The number of anilines is 1. The molecule has 1 aliphatic rings. The number of ether oxygens (including phenoxy) is 3. The summed E-state index contributed by atoms with van der Waals surface area (Å²) in [5.74, 6) is 0.796. The number of imide groups is 1. The van der Waals surface area contributed by atoms with Crippen LogP contribution in [0.2, 0.25) is 0 Å². The number of methoxy groups -OCH3 is 1. The lowest BCUT2D eigenvalue weighted by Gasteiger charge is -2.14. The van der Waals surface area contributed by atoms with Crippen LogP contribution in [0, 0.1) is 13.8 Å². The molecule has 0 saturated carbocycles. The number of benzene rings is 4. The Morgan fingerprint density at radius 2 is 1.71 bits per heavy atom. The molecule has 0 atom stereocenters. The molecule has 0 aliphatic carbocycles. The summed E-state index contributed by atoms with van der Waals surface area (Å²) in [4.78, 5) is 39.6. The average molecular weight is 583 g/mol. The molecule has 0 aromatic heterocycles. The summed E-state index contributed by atoms with van der Waals surface area (Å²) in [5.41, 5.74) is 3.38. The molecule has 0 spiro atoms. The summed E-state index contributed by atoms with van der Waals surface area (Å²) >= 11 is 0.878. The minimum atomic E-state index is -0.381. The first kappa shape index (κ1) is 28.8. The zero-order chi connectivity index (χ0) is 29.6. The van der Waals surface area contributed by atoms with Gasteiger partial charge in [0.15, 0.2) is 18.1 Å². The number of nitrogens with zero attached hydrogens (tertiary/aromatic N) is 1. The molecule has 1 saturated heterocycles. The predicted octanol–water partition coefficient (Wildman–Crippen LogP) is 6.60. The first-order valence-electron chi connectivity index (χ1n) is 13.4. The minimum absolute atomic E-state index is 0.130. The number of fused-ring (bicyclic) bond motifs is 1. The van der Waals surface area contributed by atoms with E-state index >= 15 is 0 Å². The lowest BCUT2D eigenvalue weighted by molar-refractivity contribution is -0.123. The van der Waals surface area contributed by atoms with E-state index in [1.807, 2.05) is 74.5 Å². The van der Waals surface area contributed by atoms with E-state index in [4.69, 9.17) is 14.2 Å². The Hall–Kier alpha value is -4.76. The van der Waals surface area contributed by atoms with Gasteiger partial charge in [0.1, 0.15) is 12.4 Å². The number of carbonyl (C=O) groups excluding carboxylic acids is 3. The zero-order valence-corrected chi connectivity index (χ0v) is 24.3. The number of amides is 3. The van der Waals surface area contributed by atoms with Crippen LogP contribution in [-0.2, 0) is 9.59 Å². The van der Waals surface area contributed by atoms with E-state index in [0.717, 1.165) is 39.3 Å². The number of aryl methyl sites for hydroxylation is 2. The van der Waals surface area contributed by atoms with E-state index in [1.54, 1.807) is 24.3 Å². The van der Waals surface area contributed by atoms with Crippen LogP contribution in [0.25, 0.3) is 16.8 Å². The zero-order valence-electron chi connectivity index (χ0n) is 23.5. The second kappa shape index (κ2) is 12.8. The maximum Gasteiger partial charge on any atom is 0.293 e. The van der Waals surface area contributed by atoms with Gasteiger partial charge in [0.2, 0.25) is 0 Å². The Labute approximate surface area is 248 Å². The molecular formula is C33H30N2O6S. The van der Waals surface area contributed by atoms with Crippen molar-refractivity contribution in [3.8, 4) is 17.2 Å². The summed E-state index contributed by atoms with van der Waals surface area (Å²) in [7, 11) is 1.49. The van der Waals surface area contributed by atoms with Crippen molar-refractivity contribution in [1.29, 1.82) is 0 Å². The molecule has 1 N–H and O–H groups in total. The highest BCUT2D eigenvalue weighted by Gasteiger charge is 2.34. The standard InChI is InChI=1S/C33H30N2O6S/c1-21-11-12-22(2)26(17-21)34-31(36)20-41-28-14-13-23(18-29(28)39-3)19-30-32(37)35(33(38)42-30)15-16-40-27-10-6-8-24-7-4-5-9-25(24)27/h4-14,17-19H,15-16,20H2,1-3H3,(H,34,36)/b30-19-. The maximum absolute atomic E-state index is 13.0. The van der Waals surface area contributed by atoms with Gasteiger partial charge in [0, 0.05) is 11.1 Å². The lowest BCUT2D eigenvalue weighted by Crippen LogP contribution is -2.32. The molecule has 42 heavy (non-hydrogen) atoms. The SMILES string of the molecule is COc1cc(/C=C2\SC(=O)N(CCOc3cccc4ccccc34)C2=O)ccc1OCC(=O)Nc1cc(C)ccc1C. The van der Waals surface area contributed by atoms with Crippen LogP contribution in [0.15, 0.2) is 83.8 Å². The molecule has 5 rings (SSSR count). The molecule has 4 aromatic carbocycles. The van der Waals surface area contributed by atoms with Crippen molar-refractivity contribution < 1.29 is 28.6 Å². The predicted molar refractivity (Wildman–Crippen MR) is 165 cm³/mol. The van der Waals surface area contributed by atoms with Crippen molar-refractivity contribution in [2.75, 3.05) is 32.2 Å². The fourth-order valence-corrected chi connectivity index (χ4v) is 5.37. The van der Waals surface area contributed by atoms with Gasteiger partial charge in [-0.15, -0.1) is 0 Å². The second-order valence-electron chi connectivity index (χ2n) is 9.72. The highest BCUT2D eigenvalue weighted by molar-refractivity contribution is 8.18. The van der Waals surface area contributed by atoms with Gasteiger partial charge in [-0.25, -0.2) is 0 Å². The van der Waals surface area contributed by atoms with Crippen molar-refractivity contribution in [3.05, 3.63) is 100 Å². The van der Waals surface area contributed by atoms with Gasteiger partial charge in [0.25, 0.3) is 17.1 Å². The minimum Gasteiger partial charge on any atom is -0.493 e. The van der Waals surface area contributed by atoms with Crippen molar-refractivity contribution in [2.45, 2.75) is 13.8 Å². The molecule has 0 radical (unpaired) electrons. The molecule has 0 unspecified atom stereocenters. The van der Waals surface area contributed by atoms with Gasteiger partial charge in [0.05, 0.1) is 18.6 Å². The van der Waals surface area contributed by atoms with Crippen molar-refractivity contribution in [1.82, 2.24) is 4.90 Å². The number of hydrogen-bond acceptors (Lipinski definition) is 7. The van der Waals surface area contributed by atoms with Crippen LogP contribution in [-0.4, -0.2) is 48.8 Å². The third-order valence-electron chi connectivity index (χ3n) is 6.71. The quantitative estimate of drug-likeness (QED) is 0.211. The summed E-state index contributed by atoms with van der Waals surface area (Å²) in [5, 5.41) is 4.53. The maximum atomic E-state index is 13.0. The van der Waals surface area contributed by atoms with Gasteiger partial charge >= 0.3 is 0 Å². The summed E-state index contributed by atoms with van der Waals surface area (Å²) in [6, 6.07) is 24.6. The number of hydrogen-bond donors (Lipinski definition) is 1. The third kappa shape index (κ3) is 6.58. The monoisotopic (exact) mass is 582 g/mol. The van der Waals surface area contributed by atoms with E-state index in [9.17, 15) is 14.4 Å². The van der Waals surface area contributed by atoms with Crippen LogP contribution in [0.4, 0.5) is 10.5 Å². The van der Waals surface area contributed by atoms with Gasteiger partial charge in [-0.3, -0.25) is 19.3 Å². The van der Waals surface area contributed by atoms with Crippen molar-refractivity contribution >= 4 is 51.4 Å². The molecule has 214 valence electrons. The topological polar surface area (TPSA) is 94.2 Å². The number of carbonyl (C=O) groups is 3. The Morgan fingerprint density at radius 1 is 0.905 bits per heavy atom. The van der Waals surface area contributed by atoms with Crippen LogP contribution in [0.3, 0.4) is 0 Å². The van der Waals surface area contributed by atoms with E-state index in [0.29, 0.717) is 27.7 Å². The lowest BCUT2D eigenvalue weighted by atomic mass is 10.1. The number of rotatable bonds is 10. The molecule has 9 heteroatoms. The third-order valence-corrected chi connectivity index (χ3v) is 7.61. The van der Waals surface area contributed by atoms with Crippen molar-refractivity contribution in [3.63, 3.8) is 0 Å². The Kier molecular flexibility index (Phi) is 8.78. The second-order valence-corrected chi connectivity index (χ2v) is 10.7. The van der Waals surface area contributed by atoms with Crippen LogP contribution < -0.4 is 19.5 Å². The molecule has 4 aromatic rings. The normalized spacial score (nSPS) is 14.0. The molecule has 1 heterocycles. The first-order chi connectivity index (χ1) is 20.3. The highest BCUT2D eigenvalue weighted by atomic mass is 32.2. The highest BCUT2D eigenvalue weighted by Crippen LogP contribution is 2.35. The molecule has 8 nitrogen and oxygen atoms in total. The van der Waals surface area contributed by atoms with Gasteiger partial charge in [-0.2, -0.15) is 0 Å². The molecule has 1 aliphatic heterocycles. The Bertz CT molecular complexity index is 1690.